The van der Waals surface area contributed by atoms with Crippen LogP contribution in [0.4, 0.5) is 0 Å². The molecule has 4 unspecified atom stereocenters. The fraction of sp³-hybridized carbons (Fsp3) is 0.708. The van der Waals surface area contributed by atoms with Gasteiger partial charge in [-0.05, 0) is 25.7 Å². The van der Waals surface area contributed by atoms with Gasteiger partial charge >= 0.3 is 5.97 Å². The highest BCUT2D eigenvalue weighted by molar-refractivity contribution is 8.02. The maximum Gasteiger partial charge on any atom is 0.311 e. The third kappa shape index (κ3) is 3.79. The Labute approximate surface area is 195 Å². The van der Waals surface area contributed by atoms with E-state index in [0.717, 1.165) is 19.3 Å². The summed E-state index contributed by atoms with van der Waals surface area (Å²) in [5.41, 5.74) is 0. The molecule has 3 saturated heterocycles. The van der Waals surface area contributed by atoms with Crippen molar-refractivity contribution in [1.29, 1.82) is 0 Å². The lowest BCUT2D eigenvalue weighted by Crippen LogP contribution is -2.58. The number of thioether (sulfide) groups is 1. The number of amides is 2. The number of aliphatic hydroxyl groups excluding tert-OH is 1. The van der Waals surface area contributed by atoms with Crippen LogP contribution in [0.5, 0.6) is 0 Å². The molecule has 0 aliphatic carbocycles. The number of fused-ring (bicyclic) bond motifs is 1. The van der Waals surface area contributed by atoms with E-state index >= 15 is 0 Å². The monoisotopic (exact) mass is 464 g/mol. The van der Waals surface area contributed by atoms with Crippen molar-refractivity contribution in [3.05, 3.63) is 25.3 Å². The molecule has 0 radical (unpaired) electrons. The number of hydrogen-bond acceptors (Lipinski definition) is 6. The highest BCUT2D eigenvalue weighted by Gasteiger charge is 2.76. The van der Waals surface area contributed by atoms with Gasteiger partial charge in [0.15, 0.2) is 0 Å². The first kappa shape index (κ1) is 24.8. The minimum atomic E-state index is -0.714. The van der Waals surface area contributed by atoms with Crippen molar-refractivity contribution >= 4 is 29.5 Å². The maximum absolute atomic E-state index is 14.1. The molecular formula is C24H36N2O5S. The van der Waals surface area contributed by atoms with Crippen LogP contribution in [0.3, 0.4) is 0 Å². The Morgan fingerprint density at radius 1 is 1.41 bits per heavy atom. The van der Waals surface area contributed by atoms with E-state index in [2.05, 4.69) is 27.0 Å². The number of carbonyl (C=O) groups excluding carboxylic acids is 3. The van der Waals surface area contributed by atoms with Gasteiger partial charge in [0.2, 0.25) is 11.8 Å². The van der Waals surface area contributed by atoms with Gasteiger partial charge in [0.05, 0.1) is 23.2 Å². The van der Waals surface area contributed by atoms with E-state index < -0.39 is 28.6 Å². The van der Waals surface area contributed by atoms with Gasteiger partial charge in [-0.25, -0.2) is 0 Å². The Morgan fingerprint density at radius 2 is 2.12 bits per heavy atom. The van der Waals surface area contributed by atoms with Crippen molar-refractivity contribution in [2.24, 2.45) is 17.8 Å². The molecular weight excluding hydrogens is 428 g/mol. The zero-order valence-electron chi connectivity index (χ0n) is 19.4. The van der Waals surface area contributed by atoms with Crippen LogP contribution in [0.15, 0.2) is 25.3 Å². The number of ether oxygens (including phenoxy) is 1. The number of likely N-dealkylation sites (tertiary alicyclic amines) is 1. The number of rotatable bonds is 11. The summed E-state index contributed by atoms with van der Waals surface area (Å²) in [5, 5.41) is 9.67. The van der Waals surface area contributed by atoms with Crippen molar-refractivity contribution in [3.8, 4) is 0 Å². The molecule has 1 N–H and O–H groups in total. The van der Waals surface area contributed by atoms with Crippen LogP contribution < -0.4 is 0 Å². The second kappa shape index (κ2) is 10.00. The zero-order valence-corrected chi connectivity index (χ0v) is 20.2. The molecule has 3 heterocycles. The van der Waals surface area contributed by atoms with Crippen LogP contribution in [-0.4, -0.2) is 81.1 Å². The van der Waals surface area contributed by atoms with Crippen molar-refractivity contribution in [2.75, 3.05) is 26.3 Å². The molecule has 0 aromatic heterocycles. The quantitative estimate of drug-likeness (QED) is 0.373. The summed E-state index contributed by atoms with van der Waals surface area (Å²) in [6.07, 6.45) is 5.76. The van der Waals surface area contributed by atoms with Crippen LogP contribution >= 0.6 is 11.8 Å². The zero-order chi connectivity index (χ0) is 23.6. The lowest BCUT2D eigenvalue weighted by Gasteiger charge is -2.41. The number of hydrogen-bond donors (Lipinski definition) is 1. The SMILES string of the molecule is C=CCOC(=O)[C@@H]1[C@H]2C(=O)N(CCO)C(C(=O)N(CC=C)C(C)CCC)C23S[C@@H]1CC3C. The van der Waals surface area contributed by atoms with E-state index in [1.807, 2.05) is 6.92 Å². The Hall–Kier alpha value is -1.80. The molecule has 178 valence electrons. The first-order valence-corrected chi connectivity index (χ1v) is 12.5. The van der Waals surface area contributed by atoms with E-state index in [0.29, 0.717) is 6.54 Å². The fourth-order valence-electron chi connectivity index (χ4n) is 6.01. The number of esters is 1. The molecule has 0 aromatic rings. The molecule has 7 atom stereocenters. The Kier molecular flexibility index (Phi) is 7.76. The van der Waals surface area contributed by atoms with Crippen LogP contribution in [-0.2, 0) is 19.1 Å². The molecule has 3 aliphatic rings. The average Bonchev–Trinajstić information content (AvgIpc) is 3.34. The summed E-state index contributed by atoms with van der Waals surface area (Å²) in [5.74, 6) is -1.85. The summed E-state index contributed by atoms with van der Waals surface area (Å²) in [7, 11) is 0. The molecule has 1 spiro atoms. The molecule has 2 bridgehead atoms. The lowest BCUT2D eigenvalue weighted by atomic mass is 9.66. The van der Waals surface area contributed by atoms with E-state index in [1.165, 1.54) is 11.0 Å². The fourth-order valence-corrected chi connectivity index (χ4v) is 8.41. The van der Waals surface area contributed by atoms with Gasteiger partial charge < -0.3 is 19.6 Å². The van der Waals surface area contributed by atoms with E-state index in [1.54, 1.807) is 22.7 Å². The molecule has 3 rings (SSSR count). The Balaban J connectivity index is 2.04. The summed E-state index contributed by atoms with van der Waals surface area (Å²) in [4.78, 5) is 44.0. The highest BCUT2D eigenvalue weighted by atomic mass is 32.2. The smallest absolute Gasteiger partial charge is 0.311 e. The van der Waals surface area contributed by atoms with Crippen molar-refractivity contribution < 1.29 is 24.2 Å². The summed E-state index contributed by atoms with van der Waals surface area (Å²) in [6.45, 7) is 13.9. The number of aliphatic hydroxyl groups is 1. The standard InChI is InChI=1S/C24H36N2O5S/c1-6-9-16(5)25(10-7-2)22(29)20-24-15(4)14-17(32-24)18(23(30)31-13-8-3)19(24)21(28)26(20)11-12-27/h7-8,15-20,27H,2-3,6,9-14H2,1,4-5H3/t15?,16?,17-,18+,19+,20?,24?/m1/s1. The minimum Gasteiger partial charge on any atom is -0.461 e. The maximum atomic E-state index is 14.1. The second-order valence-electron chi connectivity index (χ2n) is 9.14. The van der Waals surface area contributed by atoms with Crippen molar-refractivity contribution in [1.82, 2.24) is 9.80 Å². The third-order valence-corrected chi connectivity index (χ3v) is 9.36. The largest absolute Gasteiger partial charge is 0.461 e. The molecule has 7 nitrogen and oxygen atoms in total. The summed E-state index contributed by atoms with van der Waals surface area (Å²) < 4.78 is 4.67. The molecule has 2 amide bonds. The number of carbonyl (C=O) groups is 3. The second-order valence-corrected chi connectivity index (χ2v) is 10.7. The summed E-state index contributed by atoms with van der Waals surface area (Å²) >= 11 is 1.61. The van der Waals surface area contributed by atoms with Gasteiger partial charge in [-0.1, -0.05) is 39.0 Å². The summed E-state index contributed by atoms with van der Waals surface area (Å²) in [6, 6.07) is -0.715. The number of nitrogens with zero attached hydrogens (tertiary/aromatic N) is 2. The van der Waals surface area contributed by atoms with Gasteiger partial charge in [-0.2, -0.15) is 0 Å². The molecule has 32 heavy (non-hydrogen) atoms. The molecule has 0 aromatic carbocycles. The first-order chi connectivity index (χ1) is 15.3. The molecule has 3 fully saturated rings. The third-order valence-electron chi connectivity index (χ3n) is 7.28. The molecule has 3 aliphatic heterocycles. The van der Waals surface area contributed by atoms with Crippen LogP contribution in [0.1, 0.15) is 40.0 Å². The van der Waals surface area contributed by atoms with Gasteiger partial charge in [0.25, 0.3) is 0 Å². The Morgan fingerprint density at radius 3 is 2.72 bits per heavy atom. The van der Waals surface area contributed by atoms with Gasteiger partial charge in [0.1, 0.15) is 12.6 Å². The topological polar surface area (TPSA) is 87.1 Å². The van der Waals surface area contributed by atoms with E-state index in [-0.39, 0.29) is 48.8 Å². The predicted octanol–water partition coefficient (Wildman–Crippen LogP) is 2.25. The average molecular weight is 465 g/mol. The predicted molar refractivity (Wildman–Crippen MR) is 125 cm³/mol. The van der Waals surface area contributed by atoms with Gasteiger partial charge in [-0.15, -0.1) is 18.3 Å². The van der Waals surface area contributed by atoms with E-state index in [4.69, 9.17) is 4.74 Å². The number of β-amino-alcohol motifs (C(OH)–C–C–N with tert-alkyl or cyclic N) is 1. The van der Waals surface area contributed by atoms with Crippen molar-refractivity contribution in [2.45, 2.75) is 62.1 Å². The van der Waals surface area contributed by atoms with E-state index in [9.17, 15) is 19.5 Å². The molecule has 0 saturated carbocycles. The van der Waals surface area contributed by atoms with Crippen LogP contribution in [0.25, 0.3) is 0 Å². The van der Waals surface area contributed by atoms with Crippen LogP contribution in [0, 0.1) is 17.8 Å². The van der Waals surface area contributed by atoms with Crippen molar-refractivity contribution in [3.63, 3.8) is 0 Å². The lowest BCUT2D eigenvalue weighted by molar-refractivity contribution is -0.153. The highest BCUT2D eigenvalue weighted by Crippen LogP contribution is 2.68. The van der Waals surface area contributed by atoms with Gasteiger partial charge in [0, 0.05) is 24.4 Å². The minimum absolute atomic E-state index is 0.000656. The van der Waals surface area contributed by atoms with Gasteiger partial charge in [-0.3, -0.25) is 14.4 Å². The first-order valence-electron chi connectivity index (χ1n) is 11.6. The Bertz CT molecular complexity index is 773. The normalized spacial score (nSPS) is 33.7. The molecule has 8 heteroatoms. The van der Waals surface area contributed by atoms with Crippen LogP contribution in [0.2, 0.25) is 0 Å².